The maximum absolute atomic E-state index is 6.88. The zero-order valence-corrected chi connectivity index (χ0v) is 31.1. The van der Waals surface area contributed by atoms with Crippen LogP contribution in [0.3, 0.4) is 0 Å². The molecule has 0 N–H and O–H groups in total. The maximum Gasteiger partial charge on any atom is 0.143 e. The molecule has 56 heavy (non-hydrogen) atoms. The van der Waals surface area contributed by atoms with E-state index in [0.717, 1.165) is 60.8 Å². The molecule has 0 unspecified atom stereocenters. The fourth-order valence-corrected chi connectivity index (χ4v) is 9.02. The largest absolute Gasteiger partial charge is 0.455 e. The number of furan rings is 1. The van der Waals surface area contributed by atoms with Gasteiger partial charge in [-0.15, -0.1) is 16.4 Å². The molecule has 0 aliphatic heterocycles. The van der Waals surface area contributed by atoms with Crippen molar-refractivity contribution in [2.75, 3.05) is 4.90 Å². The van der Waals surface area contributed by atoms with Crippen LogP contribution < -0.4 is 32.2 Å². The topological polar surface area (TPSA) is 16.4 Å². The summed E-state index contributed by atoms with van der Waals surface area (Å²) in [5.74, 6) is 0. The van der Waals surface area contributed by atoms with Gasteiger partial charge in [-0.3, -0.25) is 0 Å². The lowest BCUT2D eigenvalue weighted by Gasteiger charge is -2.34. The van der Waals surface area contributed by atoms with Gasteiger partial charge in [0.05, 0.1) is 5.69 Å². The van der Waals surface area contributed by atoms with E-state index in [2.05, 4.69) is 123 Å². The minimum atomic E-state index is -0.168. The lowest BCUT2D eigenvalue weighted by molar-refractivity contribution is 0.662. The minimum Gasteiger partial charge on any atom is -0.455 e. The monoisotopic (exact) mass is 703 g/mol. The molecule has 252 valence electrons. The lowest BCUT2D eigenvalue weighted by atomic mass is 9.61. The van der Waals surface area contributed by atoms with Gasteiger partial charge in [-0.25, -0.2) is 0 Å². The SMILES string of the molecule is [B]c1c([B])c([B])c(N(c2ccc(-c3cccc4c3C(C)(C)c3ccccc3-4)cc2)c2ccccc2-c2cccc3oc4c5ccccc5ccc4c23)c([B])c1[B]. The molecule has 2 nitrogen and oxygen atoms in total. The third-order valence-electron chi connectivity index (χ3n) is 11.7. The Labute approximate surface area is 333 Å². The summed E-state index contributed by atoms with van der Waals surface area (Å²) in [5, 5.41) is 4.22. The van der Waals surface area contributed by atoms with Gasteiger partial charge in [-0.05, 0) is 74.7 Å². The quantitative estimate of drug-likeness (QED) is 0.170. The highest BCUT2D eigenvalue weighted by Crippen LogP contribution is 2.52. The second-order valence-electron chi connectivity index (χ2n) is 15.2. The Morgan fingerprint density at radius 3 is 1.88 bits per heavy atom. The van der Waals surface area contributed by atoms with Crippen LogP contribution in [0.1, 0.15) is 25.0 Å². The molecule has 10 rings (SSSR count). The summed E-state index contributed by atoms with van der Waals surface area (Å²) in [6.45, 7) is 4.61. The predicted octanol–water partition coefficient (Wildman–Crippen LogP) is 7.82. The molecule has 1 heterocycles. The van der Waals surface area contributed by atoms with Crippen LogP contribution in [0.5, 0.6) is 0 Å². The van der Waals surface area contributed by atoms with Crippen molar-refractivity contribution in [3.63, 3.8) is 0 Å². The van der Waals surface area contributed by atoms with Crippen molar-refractivity contribution in [3.05, 3.63) is 157 Å². The van der Waals surface area contributed by atoms with Crippen molar-refractivity contribution in [1.29, 1.82) is 0 Å². The molecule has 9 aromatic rings. The fraction of sp³-hybridized carbons (Fsp3) is 0.0612. The van der Waals surface area contributed by atoms with E-state index in [1.54, 1.807) is 0 Å². The first-order valence-electron chi connectivity index (χ1n) is 18.7. The first-order chi connectivity index (χ1) is 27.1. The Kier molecular flexibility index (Phi) is 7.84. The predicted molar refractivity (Wildman–Crippen MR) is 241 cm³/mol. The lowest BCUT2D eigenvalue weighted by Crippen LogP contribution is -2.56. The first kappa shape index (κ1) is 34.4. The molecule has 10 radical (unpaired) electrons. The molecule has 8 aromatic carbocycles. The van der Waals surface area contributed by atoms with Crippen LogP contribution in [-0.2, 0) is 5.41 Å². The number of benzene rings is 8. The van der Waals surface area contributed by atoms with Crippen molar-refractivity contribution >= 4 is 116 Å². The van der Waals surface area contributed by atoms with Crippen molar-refractivity contribution < 1.29 is 4.42 Å². The number of fused-ring (bicyclic) bond motifs is 8. The highest BCUT2D eigenvalue weighted by molar-refractivity contribution is 6.69. The average molecular weight is 703 g/mol. The van der Waals surface area contributed by atoms with Gasteiger partial charge in [0, 0.05) is 38.5 Å². The van der Waals surface area contributed by atoms with Gasteiger partial charge in [-0.1, -0.05) is 140 Å². The van der Waals surface area contributed by atoms with E-state index in [-0.39, 0.29) is 32.7 Å². The number of para-hydroxylation sites is 1. The smallest absolute Gasteiger partial charge is 0.143 e. The highest BCUT2D eigenvalue weighted by atomic mass is 16.3. The Hall–Kier alpha value is -6.06. The first-order valence-corrected chi connectivity index (χ1v) is 18.7. The maximum atomic E-state index is 6.88. The van der Waals surface area contributed by atoms with Gasteiger partial charge in [-0.2, -0.15) is 0 Å². The molecule has 0 spiro atoms. The molecule has 7 heteroatoms. The van der Waals surface area contributed by atoms with E-state index in [4.69, 9.17) is 43.6 Å². The summed E-state index contributed by atoms with van der Waals surface area (Å²) in [6, 6.07) is 50.8. The van der Waals surface area contributed by atoms with Gasteiger partial charge in [0.1, 0.15) is 50.4 Å². The molecule has 1 aliphatic carbocycles. The fourth-order valence-electron chi connectivity index (χ4n) is 9.02. The number of hydrogen-bond donors (Lipinski definition) is 0. The van der Waals surface area contributed by atoms with Gasteiger partial charge >= 0.3 is 0 Å². The van der Waals surface area contributed by atoms with Gasteiger partial charge in [0.25, 0.3) is 0 Å². The average Bonchev–Trinajstić information content (AvgIpc) is 3.74. The van der Waals surface area contributed by atoms with Crippen LogP contribution in [0.2, 0.25) is 0 Å². The van der Waals surface area contributed by atoms with Crippen molar-refractivity contribution in [1.82, 2.24) is 0 Å². The van der Waals surface area contributed by atoms with Crippen LogP contribution >= 0.6 is 0 Å². The number of hydrogen-bond acceptors (Lipinski definition) is 2. The normalized spacial score (nSPS) is 13.0. The second kappa shape index (κ2) is 12.7. The summed E-state index contributed by atoms with van der Waals surface area (Å²) in [5.41, 5.74) is 14.0. The molecular formula is C49H30B5NO. The second-order valence-corrected chi connectivity index (χ2v) is 15.2. The van der Waals surface area contributed by atoms with Crippen LogP contribution in [0.15, 0.2) is 150 Å². The van der Waals surface area contributed by atoms with Crippen molar-refractivity contribution in [2.24, 2.45) is 0 Å². The van der Waals surface area contributed by atoms with Crippen LogP contribution in [0.4, 0.5) is 17.1 Å². The summed E-state index contributed by atoms with van der Waals surface area (Å²) >= 11 is 0. The number of rotatable bonds is 5. The minimum absolute atomic E-state index is 0.163. The third kappa shape index (κ3) is 4.96. The Bertz CT molecular complexity index is 3040. The molecule has 0 atom stereocenters. The Morgan fingerprint density at radius 2 is 1.09 bits per heavy atom. The van der Waals surface area contributed by atoms with Crippen molar-refractivity contribution in [3.8, 4) is 33.4 Å². The van der Waals surface area contributed by atoms with Crippen LogP contribution in [-0.4, -0.2) is 39.2 Å². The Balaban J connectivity index is 1.19. The van der Waals surface area contributed by atoms with Crippen molar-refractivity contribution in [2.45, 2.75) is 19.3 Å². The standard InChI is InChI=1S/C49H30B5NO/c1-49(2)37-18-7-5-13-32(37)35-17-9-15-30(41(35)49)28-21-24-29(25-22-28)55(47-45(53)43(51)42(50)44(52)46(47)54)38-19-8-6-14-33(38)34-16-10-20-39-40(34)36-26-23-27-11-3-4-12-31(27)48(36)56-39/h3-26H,1-2H3. The third-order valence-corrected chi connectivity index (χ3v) is 11.7. The van der Waals surface area contributed by atoms with Crippen LogP contribution in [0.25, 0.3) is 66.1 Å². The molecule has 0 fully saturated rings. The van der Waals surface area contributed by atoms with Gasteiger partial charge in [0.2, 0.25) is 0 Å². The summed E-state index contributed by atoms with van der Waals surface area (Å²) in [4.78, 5) is 2.04. The summed E-state index contributed by atoms with van der Waals surface area (Å²) < 4.78 is 6.60. The highest BCUT2D eigenvalue weighted by Gasteiger charge is 2.37. The van der Waals surface area contributed by atoms with Gasteiger partial charge < -0.3 is 9.32 Å². The zero-order valence-electron chi connectivity index (χ0n) is 31.1. The van der Waals surface area contributed by atoms with E-state index in [9.17, 15) is 0 Å². The molecule has 0 saturated carbocycles. The molecule has 0 amide bonds. The van der Waals surface area contributed by atoms with Gasteiger partial charge in [0.15, 0.2) is 0 Å². The molecule has 0 saturated heterocycles. The summed E-state index contributed by atoms with van der Waals surface area (Å²) in [7, 11) is 33.2. The summed E-state index contributed by atoms with van der Waals surface area (Å²) in [6.07, 6.45) is 0. The van der Waals surface area contributed by atoms with E-state index in [1.807, 2.05) is 41.3 Å². The Morgan fingerprint density at radius 1 is 0.482 bits per heavy atom. The van der Waals surface area contributed by atoms with E-state index >= 15 is 0 Å². The molecular weight excluding hydrogens is 673 g/mol. The zero-order chi connectivity index (χ0) is 38.5. The van der Waals surface area contributed by atoms with E-state index in [0.29, 0.717) is 5.69 Å². The number of anilines is 3. The molecule has 1 aromatic heterocycles. The molecule has 0 bridgehead atoms. The molecule has 1 aliphatic rings. The number of nitrogens with zero attached hydrogens (tertiary/aromatic N) is 1. The van der Waals surface area contributed by atoms with E-state index < -0.39 is 0 Å². The van der Waals surface area contributed by atoms with Crippen LogP contribution in [0, 0.1) is 0 Å². The van der Waals surface area contributed by atoms with E-state index in [1.165, 1.54) is 27.8 Å².